The summed E-state index contributed by atoms with van der Waals surface area (Å²) in [6.07, 6.45) is 2.75. The molecule has 24 heavy (non-hydrogen) atoms. The van der Waals surface area contributed by atoms with Gasteiger partial charge in [-0.25, -0.2) is 4.79 Å². The molecule has 0 amide bonds. The summed E-state index contributed by atoms with van der Waals surface area (Å²) in [5.74, 6) is -0.301. The van der Waals surface area contributed by atoms with Crippen molar-refractivity contribution in [2.75, 3.05) is 26.1 Å². The second-order valence-corrected chi connectivity index (χ2v) is 6.18. The fraction of sp³-hybridized carbons (Fsp3) is 0.250. The number of aromatic nitrogens is 1. The van der Waals surface area contributed by atoms with Crippen LogP contribution in [0.2, 0.25) is 0 Å². The van der Waals surface area contributed by atoms with Gasteiger partial charge in [0.1, 0.15) is 0 Å². The van der Waals surface area contributed by atoms with Crippen LogP contribution in [0.3, 0.4) is 0 Å². The average molecular weight is 322 g/mol. The Morgan fingerprint density at radius 1 is 1.17 bits per heavy atom. The summed E-state index contributed by atoms with van der Waals surface area (Å²) in [7, 11) is 5.49. The number of methoxy groups -OCH3 is 1. The first kappa shape index (κ1) is 16.1. The van der Waals surface area contributed by atoms with E-state index in [1.807, 2.05) is 44.6 Å². The molecule has 2 heterocycles. The molecule has 0 N–H and O–H groups in total. The molecule has 1 aromatic carbocycles. The van der Waals surface area contributed by atoms with E-state index < -0.39 is 0 Å². The van der Waals surface area contributed by atoms with E-state index in [4.69, 9.17) is 4.74 Å². The Kier molecular flexibility index (Phi) is 4.30. The van der Waals surface area contributed by atoms with E-state index in [-0.39, 0.29) is 5.97 Å². The van der Waals surface area contributed by atoms with Gasteiger partial charge in [-0.3, -0.25) is 0 Å². The lowest BCUT2D eigenvalue weighted by Gasteiger charge is -2.15. The number of esters is 1. The molecule has 0 atom stereocenters. The van der Waals surface area contributed by atoms with E-state index in [9.17, 15) is 4.79 Å². The van der Waals surface area contributed by atoms with Crippen molar-refractivity contribution in [2.24, 2.45) is 0 Å². The molecular formula is C20H22N2O2. The third-order valence-corrected chi connectivity index (χ3v) is 4.38. The van der Waals surface area contributed by atoms with Gasteiger partial charge in [-0.05, 0) is 48.4 Å². The first-order valence-electron chi connectivity index (χ1n) is 7.95. The van der Waals surface area contributed by atoms with Gasteiger partial charge in [0.15, 0.2) is 0 Å². The monoisotopic (exact) mass is 322 g/mol. The summed E-state index contributed by atoms with van der Waals surface area (Å²) in [5, 5.41) is 0. The predicted molar refractivity (Wildman–Crippen MR) is 97.0 cm³/mol. The van der Waals surface area contributed by atoms with Gasteiger partial charge in [0.2, 0.25) is 0 Å². The number of fused-ring (bicyclic) bond motifs is 1. The second-order valence-electron chi connectivity index (χ2n) is 6.18. The molecule has 0 spiro atoms. The van der Waals surface area contributed by atoms with Crippen LogP contribution >= 0.6 is 0 Å². The molecule has 0 aliphatic carbocycles. The molecule has 0 bridgehead atoms. The zero-order valence-electron chi connectivity index (χ0n) is 14.5. The van der Waals surface area contributed by atoms with Crippen LogP contribution in [0.1, 0.15) is 27.2 Å². The third kappa shape index (κ3) is 2.87. The molecule has 3 aromatic rings. The van der Waals surface area contributed by atoms with E-state index in [0.717, 1.165) is 17.6 Å². The molecule has 0 saturated carbocycles. The number of anilines is 1. The van der Waals surface area contributed by atoms with Crippen molar-refractivity contribution in [1.82, 2.24) is 4.40 Å². The number of benzene rings is 1. The van der Waals surface area contributed by atoms with Gasteiger partial charge in [0.25, 0.3) is 0 Å². The second kappa shape index (κ2) is 6.40. The molecular weight excluding hydrogens is 300 g/mol. The Bertz CT molecular complexity index is 894. The smallest absolute Gasteiger partial charge is 0.340 e. The molecule has 0 aliphatic rings. The van der Waals surface area contributed by atoms with E-state index in [1.54, 1.807) is 0 Å². The number of nitrogens with zero attached hydrogens (tertiary/aromatic N) is 2. The van der Waals surface area contributed by atoms with Gasteiger partial charge >= 0.3 is 5.97 Å². The Morgan fingerprint density at radius 2 is 1.96 bits per heavy atom. The van der Waals surface area contributed by atoms with Crippen molar-refractivity contribution in [1.29, 1.82) is 0 Å². The zero-order chi connectivity index (χ0) is 17.3. The van der Waals surface area contributed by atoms with Gasteiger partial charge in [0.05, 0.1) is 18.2 Å². The van der Waals surface area contributed by atoms with Crippen LogP contribution in [-0.4, -0.2) is 31.6 Å². The highest BCUT2D eigenvalue weighted by atomic mass is 16.5. The number of carbonyl (C=O) groups is 1. The van der Waals surface area contributed by atoms with Crippen LogP contribution in [-0.2, 0) is 11.2 Å². The number of rotatable bonds is 4. The normalized spacial score (nSPS) is 10.8. The lowest BCUT2D eigenvalue weighted by atomic mass is 10.0. The first-order chi connectivity index (χ1) is 11.5. The predicted octanol–water partition coefficient (Wildman–Crippen LogP) is 3.69. The zero-order valence-corrected chi connectivity index (χ0v) is 14.5. The van der Waals surface area contributed by atoms with Crippen molar-refractivity contribution in [3.63, 3.8) is 0 Å². The van der Waals surface area contributed by atoms with Crippen LogP contribution in [0, 0.1) is 6.92 Å². The maximum Gasteiger partial charge on any atom is 0.340 e. The fourth-order valence-corrected chi connectivity index (χ4v) is 2.98. The summed E-state index contributed by atoms with van der Waals surface area (Å²) in [6.45, 7) is 2.12. The minimum Gasteiger partial charge on any atom is -0.465 e. The number of ether oxygens (including phenoxy) is 1. The molecule has 3 rings (SSSR count). The molecule has 0 radical (unpaired) electrons. The molecule has 0 saturated heterocycles. The van der Waals surface area contributed by atoms with Gasteiger partial charge in [-0.15, -0.1) is 0 Å². The quantitative estimate of drug-likeness (QED) is 0.687. The van der Waals surface area contributed by atoms with Crippen molar-refractivity contribution in [3.05, 3.63) is 71.0 Å². The first-order valence-corrected chi connectivity index (χ1v) is 7.95. The summed E-state index contributed by atoms with van der Waals surface area (Å²) in [4.78, 5) is 14.1. The van der Waals surface area contributed by atoms with Gasteiger partial charge in [-0.2, -0.15) is 0 Å². The van der Waals surface area contributed by atoms with Crippen LogP contribution < -0.4 is 4.90 Å². The Balaban J connectivity index is 2.03. The maximum atomic E-state index is 12.0. The lowest BCUT2D eigenvalue weighted by molar-refractivity contribution is 0.0603. The molecule has 4 heteroatoms. The molecule has 0 aliphatic heterocycles. The number of aryl methyl sites for hydroxylation is 1. The van der Waals surface area contributed by atoms with E-state index in [0.29, 0.717) is 5.56 Å². The summed E-state index contributed by atoms with van der Waals surface area (Å²) in [6, 6.07) is 14.2. The van der Waals surface area contributed by atoms with E-state index in [1.165, 1.54) is 23.9 Å². The standard InChI is InChI=1S/C20H22N2O2/c1-14-11-16(21(2)3)9-8-15(14)12-17-13-18(20(23)24-4)19-7-5-6-10-22(17)19/h5-11,13H,12H2,1-4H3. The van der Waals surface area contributed by atoms with Crippen LogP contribution in [0.15, 0.2) is 48.7 Å². The van der Waals surface area contributed by atoms with Crippen molar-refractivity contribution < 1.29 is 9.53 Å². The van der Waals surface area contributed by atoms with E-state index >= 15 is 0 Å². The Morgan fingerprint density at radius 3 is 2.62 bits per heavy atom. The number of carbonyl (C=O) groups excluding carboxylic acids is 1. The summed E-state index contributed by atoms with van der Waals surface area (Å²) in [5.41, 5.74) is 6.24. The third-order valence-electron chi connectivity index (χ3n) is 4.38. The topological polar surface area (TPSA) is 34.0 Å². The highest BCUT2D eigenvalue weighted by Crippen LogP contribution is 2.24. The van der Waals surface area contributed by atoms with Gasteiger partial charge in [0, 0.05) is 38.1 Å². The molecule has 0 fully saturated rings. The van der Waals surface area contributed by atoms with Crippen LogP contribution in [0.5, 0.6) is 0 Å². The van der Waals surface area contributed by atoms with Gasteiger partial charge in [-0.1, -0.05) is 12.1 Å². The minimum absolute atomic E-state index is 0.301. The maximum absolute atomic E-state index is 12.0. The summed E-state index contributed by atoms with van der Waals surface area (Å²) >= 11 is 0. The largest absolute Gasteiger partial charge is 0.465 e. The van der Waals surface area contributed by atoms with Gasteiger partial charge < -0.3 is 14.0 Å². The van der Waals surface area contributed by atoms with Crippen molar-refractivity contribution in [2.45, 2.75) is 13.3 Å². The lowest BCUT2D eigenvalue weighted by Crippen LogP contribution is -2.09. The summed E-state index contributed by atoms with van der Waals surface area (Å²) < 4.78 is 6.98. The Hall–Kier alpha value is -2.75. The average Bonchev–Trinajstić information content (AvgIpc) is 2.94. The van der Waals surface area contributed by atoms with Crippen molar-refractivity contribution >= 4 is 17.2 Å². The van der Waals surface area contributed by atoms with E-state index in [2.05, 4.69) is 34.4 Å². The minimum atomic E-state index is -0.301. The molecule has 0 unspecified atom stereocenters. The van der Waals surface area contributed by atoms with Crippen LogP contribution in [0.4, 0.5) is 5.69 Å². The van der Waals surface area contributed by atoms with Crippen molar-refractivity contribution in [3.8, 4) is 0 Å². The molecule has 2 aromatic heterocycles. The molecule has 124 valence electrons. The SMILES string of the molecule is COC(=O)c1cc(Cc2ccc(N(C)C)cc2C)n2ccccc12. The number of hydrogen-bond acceptors (Lipinski definition) is 3. The highest BCUT2D eigenvalue weighted by Gasteiger charge is 2.16. The number of pyridine rings is 1. The number of hydrogen-bond donors (Lipinski definition) is 0. The fourth-order valence-electron chi connectivity index (χ4n) is 2.98. The molecule has 4 nitrogen and oxygen atoms in total. The highest BCUT2D eigenvalue weighted by molar-refractivity contribution is 5.97. The Labute approximate surface area is 142 Å². The van der Waals surface area contributed by atoms with Crippen LogP contribution in [0.25, 0.3) is 5.52 Å².